The van der Waals surface area contributed by atoms with Crippen LogP contribution in [0, 0.1) is 29.2 Å². The molecule has 7 heteroatoms. The molecule has 1 saturated carbocycles. The largest absolute Gasteiger partial charge is 0.494 e. The summed E-state index contributed by atoms with van der Waals surface area (Å²) < 4.78 is 71.6. The Labute approximate surface area is 167 Å². The van der Waals surface area contributed by atoms with Gasteiger partial charge >= 0.3 is 0 Å². The number of rotatable bonds is 7. The van der Waals surface area contributed by atoms with E-state index in [-0.39, 0.29) is 42.3 Å². The lowest BCUT2D eigenvalue weighted by atomic mass is 9.79. The Morgan fingerprint density at radius 2 is 1.31 bits per heavy atom. The van der Waals surface area contributed by atoms with E-state index in [0.717, 1.165) is 12.8 Å². The van der Waals surface area contributed by atoms with Crippen LogP contribution in [-0.4, -0.2) is 20.3 Å². The van der Waals surface area contributed by atoms with E-state index in [1.165, 1.54) is 25.3 Å². The van der Waals surface area contributed by atoms with Crippen molar-refractivity contribution >= 4 is 0 Å². The summed E-state index contributed by atoms with van der Waals surface area (Å²) in [4.78, 5) is 0. The van der Waals surface area contributed by atoms with Crippen LogP contribution in [0.3, 0.4) is 0 Å². The summed E-state index contributed by atoms with van der Waals surface area (Å²) in [7, 11) is 1.26. The molecule has 29 heavy (non-hydrogen) atoms. The molecule has 2 aromatic carbocycles. The summed E-state index contributed by atoms with van der Waals surface area (Å²) in [6.45, 7) is 2.20. The van der Waals surface area contributed by atoms with Crippen LogP contribution in [0.15, 0.2) is 24.3 Å². The van der Waals surface area contributed by atoms with Crippen molar-refractivity contribution in [1.29, 1.82) is 0 Å². The Morgan fingerprint density at radius 1 is 0.759 bits per heavy atom. The molecule has 1 aliphatic carbocycles. The van der Waals surface area contributed by atoms with Crippen molar-refractivity contribution in [1.82, 2.24) is 0 Å². The zero-order valence-corrected chi connectivity index (χ0v) is 16.4. The standard InChI is InChI=1S/C22H24F4O3/c1-3-28-17-9-8-15(19(23)21(17)25)14-6-4-13(5-7-14)12-29-18-11-10-16(27-2)20(24)22(18)26/h8-11,13-14H,3-7,12H2,1-2H3. The molecule has 0 saturated heterocycles. The van der Waals surface area contributed by atoms with Gasteiger partial charge in [0.25, 0.3) is 0 Å². The van der Waals surface area contributed by atoms with E-state index >= 15 is 0 Å². The maximum Gasteiger partial charge on any atom is 0.204 e. The van der Waals surface area contributed by atoms with Crippen LogP contribution < -0.4 is 14.2 Å². The first-order valence-corrected chi connectivity index (χ1v) is 9.71. The molecule has 3 nitrogen and oxygen atoms in total. The molecule has 0 N–H and O–H groups in total. The van der Waals surface area contributed by atoms with Crippen molar-refractivity contribution in [2.45, 2.75) is 38.5 Å². The molecule has 0 atom stereocenters. The average molecular weight is 412 g/mol. The van der Waals surface area contributed by atoms with E-state index in [1.807, 2.05) is 0 Å². The third-order valence-electron chi connectivity index (χ3n) is 5.37. The Morgan fingerprint density at radius 3 is 1.97 bits per heavy atom. The third-order valence-corrected chi connectivity index (χ3v) is 5.37. The van der Waals surface area contributed by atoms with Crippen molar-refractivity contribution in [2.24, 2.45) is 5.92 Å². The number of hydrogen-bond donors (Lipinski definition) is 0. The van der Waals surface area contributed by atoms with E-state index in [4.69, 9.17) is 14.2 Å². The first-order chi connectivity index (χ1) is 14.0. The Kier molecular flexibility index (Phi) is 6.87. The second-order valence-electron chi connectivity index (χ2n) is 7.14. The summed E-state index contributed by atoms with van der Waals surface area (Å²) in [6, 6.07) is 5.70. The number of hydrogen-bond acceptors (Lipinski definition) is 3. The normalized spacial score (nSPS) is 19.1. The fourth-order valence-corrected chi connectivity index (χ4v) is 3.76. The molecule has 0 aliphatic heterocycles. The molecule has 0 spiro atoms. The molecular weight excluding hydrogens is 388 g/mol. The summed E-state index contributed by atoms with van der Waals surface area (Å²) in [5, 5.41) is 0. The minimum Gasteiger partial charge on any atom is -0.494 e. The Balaban J connectivity index is 1.58. The molecule has 3 rings (SSSR count). The van der Waals surface area contributed by atoms with Gasteiger partial charge in [0.15, 0.2) is 23.1 Å². The van der Waals surface area contributed by atoms with Crippen molar-refractivity contribution in [3.8, 4) is 17.2 Å². The van der Waals surface area contributed by atoms with Gasteiger partial charge in [-0.2, -0.15) is 13.2 Å². The Bertz CT molecular complexity index is 848. The van der Waals surface area contributed by atoms with Gasteiger partial charge in [-0.3, -0.25) is 0 Å². The van der Waals surface area contributed by atoms with Gasteiger partial charge < -0.3 is 14.2 Å². The second kappa shape index (κ2) is 9.37. The van der Waals surface area contributed by atoms with Crippen LogP contribution in [0.25, 0.3) is 0 Å². The van der Waals surface area contributed by atoms with Crippen LogP contribution >= 0.6 is 0 Å². The second-order valence-corrected chi connectivity index (χ2v) is 7.14. The molecule has 0 heterocycles. The van der Waals surface area contributed by atoms with Crippen LogP contribution in [-0.2, 0) is 0 Å². The van der Waals surface area contributed by atoms with Gasteiger partial charge in [0.2, 0.25) is 17.5 Å². The highest BCUT2D eigenvalue weighted by atomic mass is 19.2. The van der Waals surface area contributed by atoms with E-state index < -0.39 is 23.3 Å². The van der Waals surface area contributed by atoms with Gasteiger partial charge in [-0.05, 0) is 68.2 Å². The van der Waals surface area contributed by atoms with Gasteiger partial charge in [0.1, 0.15) is 0 Å². The summed E-state index contributed by atoms with van der Waals surface area (Å²) in [6.07, 6.45) is 2.77. The highest BCUT2D eigenvalue weighted by Gasteiger charge is 2.27. The topological polar surface area (TPSA) is 27.7 Å². The zero-order chi connectivity index (χ0) is 21.0. The molecule has 0 radical (unpaired) electrons. The summed E-state index contributed by atoms with van der Waals surface area (Å²) in [5.74, 6) is -4.35. The lowest BCUT2D eigenvalue weighted by Crippen LogP contribution is -2.20. The van der Waals surface area contributed by atoms with Gasteiger partial charge in [0, 0.05) is 0 Å². The molecule has 1 aliphatic rings. The maximum absolute atomic E-state index is 14.4. The van der Waals surface area contributed by atoms with Gasteiger partial charge in [-0.15, -0.1) is 0 Å². The smallest absolute Gasteiger partial charge is 0.204 e. The Hall–Kier alpha value is -2.44. The van der Waals surface area contributed by atoms with Gasteiger partial charge in [0.05, 0.1) is 20.3 Å². The van der Waals surface area contributed by atoms with E-state index in [0.29, 0.717) is 18.4 Å². The molecule has 0 unspecified atom stereocenters. The molecular formula is C22H24F4O3. The van der Waals surface area contributed by atoms with Crippen LogP contribution in [0.2, 0.25) is 0 Å². The number of benzene rings is 2. The SMILES string of the molecule is CCOc1ccc(C2CCC(COc3ccc(OC)c(F)c3F)CC2)c(F)c1F. The van der Waals surface area contributed by atoms with Crippen LogP contribution in [0.5, 0.6) is 17.2 Å². The summed E-state index contributed by atoms with van der Waals surface area (Å²) >= 11 is 0. The zero-order valence-electron chi connectivity index (χ0n) is 16.4. The first-order valence-electron chi connectivity index (χ1n) is 9.71. The van der Waals surface area contributed by atoms with Gasteiger partial charge in [-0.1, -0.05) is 6.07 Å². The minimum absolute atomic E-state index is 0.0791. The average Bonchev–Trinajstić information content (AvgIpc) is 2.73. The van der Waals surface area contributed by atoms with Crippen LogP contribution in [0.4, 0.5) is 17.6 Å². The van der Waals surface area contributed by atoms with E-state index in [9.17, 15) is 17.6 Å². The summed E-state index contributed by atoms with van der Waals surface area (Å²) in [5.41, 5.74) is 0.355. The highest BCUT2D eigenvalue weighted by molar-refractivity contribution is 5.35. The fraction of sp³-hybridized carbons (Fsp3) is 0.455. The van der Waals surface area contributed by atoms with Crippen LogP contribution in [0.1, 0.15) is 44.1 Å². The lowest BCUT2D eigenvalue weighted by molar-refractivity contribution is 0.191. The quantitative estimate of drug-likeness (QED) is 0.522. The first kappa shape index (κ1) is 21.3. The van der Waals surface area contributed by atoms with E-state index in [1.54, 1.807) is 13.0 Å². The highest BCUT2D eigenvalue weighted by Crippen LogP contribution is 2.39. The lowest BCUT2D eigenvalue weighted by Gasteiger charge is -2.29. The van der Waals surface area contributed by atoms with Crippen molar-refractivity contribution in [3.63, 3.8) is 0 Å². The molecule has 0 amide bonds. The third kappa shape index (κ3) is 4.60. The number of halogens is 4. The fourth-order valence-electron chi connectivity index (χ4n) is 3.76. The van der Waals surface area contributed by atoms with Crippen molar-refractivity contribution < 1.29 is 31.8 Å². The molecule has 1 fully saturated rings. The minimum atomic E-state index is -1.08. The number of methoxy groups -OCH3 is 1. The van der Waals surface area contributed by atoms with Gasteiger partial charge in [-0.25, -0.2) is 4.39 Å². The predicted molar refractivity (Wildman–Crippen MR) is 101 cm³/mol. The molecule has 0 bridgehead atoms. The number of ether oxygens (including phenoxy) is 3. The maximum atomic E-state index is 14.4. The van der Waals surface area contributed by atoms with Crippen molar-refractivity contribution in [3.05, 3.63) is 53.1 Å². The molecule has 0 aromatic heterocycles. The van der Waals surface area contributed by atoms with Crippen molar-refractivity contribution in [2.75, 3.05) is 20.3 Å². The van der Waals surface area contributed by atoms with E-state index in [2.05, 4.69) is 0 Å². The monoisotopic (exact) mass is 412 g/mol. The molecule has 158 valence electrons. The molecule has 2 aromatic rings. The predicted octanol–water partition coefficient (Wildman–Crippen LogP) is 6.00.